The number of ether oxygens (including phenoxy) is 2. The zero-order valence-electron chi connectivity index (χ0n) is 25.6. The molecule has 1 heterocycles. The van der Waals surface area contributed by atoms with Gasteiger partial charge in [-0.15, -0.1) is 0 Å². The highest BCUT2D eigenvalue weighted by atomic mass is 19.3. The zero-order chi connectivity index (χ0) is 32.1. The predicted octanol–water partition coefficient (Wildman–Crippen LogP) is 7.47. The van der Waals surface area contributed by atoms with Crippen LogP contribution in [0.5, 0.6) is 5.75 Å². The van der Waals surface area contributed by atoms with Gasteiger partial charge in [0.2, 0.25) is 5.91 Å². The van der Waals surface area contributed by atoms with Crippen LogP contribution in [0, 0.1) is 0 Å². The molecular weight excluding hydrogens is 590 g/mol. The van der Waals surface area contributed by atoms with Crippen LogP contribution < -0.4 is 20.0 Å². The fourth-order valence-corrected chi connectivity index (χ4v) is 5.42. The summed E-state index contributed by atoms with van der Waals surface area (Å²) in [5.74, 6) is -0.141. The summed E-state index contributed by atoms with van der Waals surface area (Å²) in [5, 5.41) is 6.89. The third-order valence-electron chi connectivity index (χ3n) is 7.66. The number of piperidine rings is 1. The topological polar surface area (TPSA) is 74.4 Å². The number of benzene rings is 4. The van der Waals surface area contributed by atoms with Crippen molar-refractivity contribution in [2.45, 2.75) is 38.8 Å². The monoisotopic (exact) mass is 628 g/mol. The molecule has 10 heteroatoms. The first-order valence-corrected chi connectivity index (χ1v) is 15.5. The van der Waals surface area contributed by atoms with E-state index in [-0.39, 0.29) is 31.4 Å². The second-order valence-corrected chi connectivity index (χ2v) is 10.8. The number of carbonyl (C=O) groups is 2. The maximum atomic E-state index is 13.7. The lowest BCUT2D eigenvalue weighted by molar-refractivity contribution is -0.119. The second kappa shape index (κ2) is 16.5. The lowest BCUT2D eigenvalue weighted by Gasteiger charge is -2.37. The summed E-state index contributed by atoms with van der Waals surface area (Å²) in [6.07, 6.45) is 2.51. The first kappa shape index (κ1) is 32.6. The Labute approximate surface area is 268 Å². The van der Waals surface area contributed by atoms with Crippen LogP contribution in [0.25, 0.3) is 11.1 Å². The molecule has 0 unspecified atom stereocenters. The molecular formula is C36H38F2N4O4. The smallest absolute Gasteiger partial charge is 0.429 e. The first-order valence-electron chi connectivity index (χ1n) is 15.5. The number of para-hydroxylation sites is 2. The Morgan fingerprint density at radius 1 is 0.804 bits per heavy atom. The highest BCUT2D eigenvalue weighted by Crippen LogP contribution is 2.33. The number of halogens is 2. The molecule has 5 rings (SSSR count). The number of rotatable bonds is 13. The largest absolute Gasteiger partial charge is 0.448 e. The van der Waals surface area contributed by atoms with Crippen LogP contribution in [0.2, 0.25) is 0 Å². The summed E-state index contributed by atoms with van der Waals surface area (Å²) >= 11 is 0. The van der Waals surface area contributed by atoms with Gasteiger partial charge in [0.1, 0.15) is 12.4 Å². The van der Waals surface area contributed by atoms with Crippen LogP contribution in [0.4, 0.5) is 25.0 Å². The van der Waals surface area contributed by atoms with E-state index in [0.29, 0.717) is 12.2 Å². The Kier molecular flexibility index (Phi) is 11.7. The van der Waals surface area contributed by atoms with Gasteiger partial charge in [-0.25, -0.2) is 14.8 Å². The van der Waals surface area contributed by atoms with Gasteiger partial charge in [-0.05, 0) is 54.3 Å². The molecule has 1 N–H and O–H groups in total. The van der Waals surface area contributed by atoms with Crippen molar-refractivity contribution < 1.29 is 27.8 Å². The van der Waals surface area contributed by atoms with Crippen molar-refractivity contribution in [3.05, 3.63) is 115 Å². The number of amides is 2. The summed E-state index contributed by atoms with van der Waals surface area (Å²) in [6.45, 7) is -0.932. The summed E-state index contributed by atoms with van der Waals surface area (Å²) in [5.41, 5.74) is 4.17. The molecule has 240 valence electrons. The number of carbonyl (C=O) groups excluding carboxylic acids is 2. The molecule has 8 nitrogen and oxygen atoms in total. The maximum Gasteiger partial charge on any atom is 0.429 e. The molecule has 0 spiro atoms. The van der Waals surface area contributed by atoms with Crippen LogP contribution >= 0.6 is 0 Å². The van der Waals surface area contributed by atoms with Gasteiger partial charge in [0.05, 0.1) is 18.8 Å². The molecule has 1 aliphatic heterocycles. The first-order chi connectivity index (χ1) is 22.5. The highest BCUT2D eigenvalue weighted by molar-refractivity contribution is 5.95. The summed E-state index contributed by atoms with van der Waals surface area (Å²) in [4.78, 5) is 28.8. The minimum absolute atomic E-state index is 0.0177. The van der Waals surface area contributed by atoms with Crippen molar-refractivity contribution in [2.75, 3.05) is 36.3 Å². The van der Waals surface area contributed by atoms with Gasteiger partial charge in [0.15, 0.2) is 0 Å². The summed E-state index contributed by atoms with van der Waals surface area (Å²) in [6, 6.07) is 33.2. The molecule has 0 aliphatic carbocycles. The molecule has 0 aromatic heterocycles. The van der Waals surface area contributed by atoms with Crippen molar-refractivity contribution in [2.24, 2.45) is 0 Å². The molecule has 0 radical (unpaired) electrons. The van der Waals surface area contributed by atoms with Crippen molar-refractivity contribution in [1.82, 2.24) is 10.3 Å². The number of hydrogen-bond acceptors (Lipinski definition) is 6. The average molecular weight is 629 g/mol. The maximum absolute atomic E-state index is 13.7. The molecule has 1 aliphatic rings. The highest BCUT2D eigenvalue weighted by Gasteiger charge is 2.29. The quantitative estimate of drug-likeness (QED) is 0.155. The van der Waals surface area contributed by atoms with Crippen molar-refractivity contribution in [3.63, 3.8) is 0 Å². The van der Waals surface area contributed by atoms with Crippen LogP contribution in [0.1, 0.15) is 31.2 Å². The molecule has 4 aromatic carbocycles. The minimum atomic E-state index is -2.88. The Morgan fingerprint density at radius 2 is 1.46 bits per heavy atom. The lowest BCUT2D eigenvalue weighted by atomic mass is 10.0. The fraction of sp³-hybridized carbons (Fsp3) is 0.278. The van der Waals surface area contributed by atoms with E-state index in [0.717, 1.165) is 54.7 Å². The van der Waals surface area contributed by atoms with E-state index in [1.54, 1.807) is 22.0 Å². The van der Waals surface area contributed by atoms with Gasteiger partial charge in [-0.3, -0.25) is 15.0 Å². The molecule has 0 atom stereocenters. The van der Waals surface area contributed by atoms with Crippen LogP contribution in [-0.2, 0) is 16.1 Å². The molecule has 0 saturated carbocycles. The number of hydrogen-bond donors (Lipinski definition) is 1. The van der Waals surface area contributed by atoms with Gasteiger partial charge in [0, 0.05) is 30.9 Å². The average Bonchev–Trinajstić information content (AvgIpc) is 3.09. The minimum Gasteiger partial charge on any atom is -0.448 e. The van der Waals surface area contributed by atoms with E-state index in [1.807, 2.05) is 89.9 Å². The van der Waals surface area contributed by atoms with Crippen LogP contribution in [0.15, 0.2) is 109 Å². The normalized spacial score (nSPS) is 13.3. The van der Waals surface area contributed by atoms with Gasteiger partial charge in [-0.2, -0.15) is 8.78 Å². The number of anilines is 2. The van der Waals surface area contributed by atoms with E-state index >= 15 is 0 Å². The third-order valence-corrected chi connectivity index (χ3v) is 7.66. The third kappa shape index (κ3) is 8.89. The van der Waals surface area contributed by atoms with E-state index < -0.39 is 12.7 Å². The number of alkyl halides is 2. The Morgan fingerprint density at radius 3 is 2.15 bits per heavy atom. The second-order valence-electron chi connectivity index (χ2n) is 10.8. The van der Waals surface area contributed by atoms with E-state index in [4.69, 9.17) is 4.74 Å². The Hall–Kier alpha value is -4.80. The number of nitrogens with zero attached hydrogens (tertiary/aromatic N) is 3. The lowest BCUT2D eigenvalue weighted by Crippen LogP contribution is -2.50. The fourth-order valence-electron chi connectivity index (χ4n) is 5.42. The molecule has 0 bridgehead atoms. The molecule has 2 amide bonds. The number of hydrazine groups is 1. The van der Waals surface area contributed by atoms with Gasteiger partial charge >= 0.3 is 12.7 Å². The van der Waals surface area contributed by atoms with Gasteiger partial charge in [0.25, 0.3) is 0 Å². The zero-order valence-corrected chi connectivity index (χ0v) is 25.6. The van der Waals surface area contributed by atoms with Crippen LogP contribution in [-0.4, -0.2) is 50.0 Å². The number of nitrogens with one attached hydrogen (secondary N) is 1. The SMILES string of the molecule is O=C(CCOC(=O)N(c1ccccc1-c1ccccc1)N1CCCCC1)N(CNCc1ccc(OC(F)F)cc1)c1ccccc1. The summed E-state index contributed by atoms with van der Waals surface area (Å²) < 4.78 is 35.1. The Balaban J connectivity index is 1.24. The van der Waals surface area contributed by atoms with Crippen molar-refractivity contribution >= 4 is 23.4 Å². The summed E-state index contributed by atoms with van der Waals surface area (Å²) in [7, 11) is 0. The predicted molar refractivity (Wildman–Crippen MR) is 174 cm³/mol. The van der Waals surface area contributed by atoms with Crippen molar-refractivity contribution in [3.8, 4) is 16.9 Å². The van der Waals surface area contributed by atoms with Crippen molar-refractivity contribution in [1.29, 1.82) is 0 Å². The van der Waals surface area contributed by atoms with Crippen LogP contribution in [0.3, 0.4) is 0 Å². The molecule has 1 saturated heterocycles. The van der Waals surface area contributed by atoms with Gasteiger partial charge in [-0.1, -0.05) is 85.3 Å². The van der Waals surface area contributed by atoms with E-state index in [2.05, 4.69) is 10.1 Å². The van der Waals surface area contributed by atoms with Gasteiger partial charge < -0.3 is 9.47 Å². The molecule has 4 aromatic rings. The standard InChI is InChI=1S/C36H38F2N4O4/c37-35(38)46-31-20-18-28(19-21-31)26-39-27-41(30-14-6-2-7-15-30)34(43)22-25-45-36(44)42(40-23-10-3-11-24-40)33-17-9-8-16-32(33)29-12-4-1-5-13-29/h1-2,4-9,12-21,35,39H,3,10-11,22-27H2. The molecule has 46 heavy (non-hydrogen) atoms. The van der Waals surface area contributed by atoms with E-state index in [9.17, 15) is 18.4 Å². The van der Waals surface area contributed by atoms with E-state index in [1.165, 1.54) is 12.1 Å². The molecule has 1 fully saturated rings. The Bertz CT molecular complexity index is 1530.